The van der Waals surface area contributed by atoms with E-state index in [4.69, 9.17) is 10.5 Å². The number of carbonyl (C=O) groups is 2. The molecule has 0 heterocycles. The Balaban J connectivity index is 1.99. The standard InChI is InChI=1S/C18H25N3O5/c1-10-5-4-6-15(11(10)2)20-17(22)12(3)26-18(23)13-7-8-14(19)16(9-13)21(24)25/h7-12,15H,4-6,19H2,1-3H3,(H,20,22)/t10-,11-,12-,15-/m1/s1. The highest BCUT2D eigenvalue weighted by molar-refractivity contribution is 5.93. The maximum absolute atomic E-state index is 12.3. The number of ether oxygens (including phenoxy) is 1. The number of nitrogens with two attached hydrogens (primary N) is 1. The quantitative estimate of drug-likeness (QED) is 0.359. The summed E-state index contributed by atoms with van der Waals surface area (Å²) < 4.78 is 5.16. The molecule has 1 aromatic rings. The lowest BCUT2D eigenvalue weighted by molar-refractivity contribution is -0.383. The minimum absolute atomic E-state index is 0.0230. The number of hydrogen-bond donors (Lipinski definition) is 2. The van der Waals surface area contributed by atoms with E-state index in [9.17, 15) is 19.7 Å². The number of amides is 1. The van der Waals surface area contributed by atoms with Crippen molar-refractivity contribution < 1.29 is 19.2 Å². The van der Waals surface area contributed by atoms with Crippen LogP contribution in [0.3, 0.4) is 0 Å². The van der Waals surface area contributed by atoms with Gasteiger partial charge in [0.2, 0.25) is 0 Å². The van der Waals surface area contributed by atoms with Crippen molar-refractivity contribution in [3.05, 3.63) is 33.9 Å². The van der Waals surface area contributed by atoms with Gasteiger partial charge < -0.3 is 15.8 Å². The van der Waals surface area contributed by atoms with E-state index in [2.05, 4.69) is 19.2 Å². The van der Waals surface area contributed by atoms with Crippen molar-refractivity contribution in [1.29, 1.82) is 0 Å². The van der Waals surface area contributed by atoms with Crippen LogP contribution >= 0.6 is 0 Å². The average Bonchev–Trinajstić information content (AvgIpc) is 2.58. The Kier molecular flexibility index (Phi) is 6.18. The molecule has 1 aliphatic carbocycles. The zero-order valence-electron chi connectivity index (χ0n) is 15.2. The van der Waals surface area contributed by atoms with Gasteiger partial charge in [0.15, 0.2) is 6.10 Å². The average molecular weight is 363 g/mol. The fourth-order valence-electron chi connectivity index (χ4n) is 3.20. The van der Waals surface area contributed by atoms with E-state index in [1.807, 2.05) is 0 Å². The van der Waals surface area contributed by atoms with Gasteiger partial charge >= 0.3 is 5.97 Å². The van der Waals surface area contributed by atoms with E-state index in [0.717, 1.165) is 25.3 Å². The molecule has 3 N–H and O–H groups in total. The van der Waals surface area contributed by atoms with Gasteiger partial charge in [-0.3, -0.25) is 14.9 Å². The van der Waals surface area contributed by atoms with Crippen LogP contribution in [0.5, 0.6) is 0 Å². The summed E-state index contributed by atoms with van der Waals surface area (Å²) in [5, 5.41) is 13.9. The molecule has 8 nitrogen and oxygen atoms in total. The van der Waals surface area contributed by atoms with Crippen molar-refractivity contribution in [2.24, 2.45) is 11.8 Å². The van der Waals surface area contributed by atoms with E-state index >= 15 is 0 Å². The van der Waals surface area contributed by atoms with E-state index in [1.54, 1.807) is 0 Å². The summed E-state index contributed by atoms with van der Waals surface area (Å²) in [6.45, 7) is 5.76. The molecule has 0 unspecified atom stereocenters. The van der Waals surface area contributed by atoms with Gasteiger partial charge in [-0.15, -0.1) is 0 Å². The van der Waals surface area contributed by atoms with Gasteiger partial charge in [0.1, 0.15) is 5.69 Å². The molecule has 0 saturated heterocycles. The van der Waals surface area contributed by atoms with Crippen LogP contribution in [0.15, 0.2) is 18.2 Å². The molecular weight excluding hydrogens is 338 g/mol. The molecular formula is C18H25N3O5. The van der Waals surface area contributed by atoms with Crippen molar-refractivity contribution in [1.82, 2.24) is 5.32 Å². The minimum atomic E-state index is -0.997. The molecule has 0 bridgehead atoms. The largest absolute Gasteiger partial charge is 0.449 e. The number of esters is 1. The fourth-order valence-corrected chi connectivity index (χ4v) is 3.20. The summed E-state index contributed by atoms with van der Waals surface area (Å²) in [4.78, 5) is 34.8. The van der Waals surface area contributed by atoms with Gasteiger partial charge in [-0.25, -0.2) is 4.79 Å². The number of nitrogens with zero attached hydrogens (tertiary/aromatic N) is 1. The lowest BCUT2D eigenvalue weighted by Crippen LogP contribution is -2.47. The highest BCUT2D eigenvalue weighted by Gasteiger charge is 2.30. The van der Waals surface area contributed by atoms with Crippen molar-refractivity contribution in [3.63, 3.8) is 0 Å². The molecule has 26 heavy (non-hydrogen) atoms. The van der Waals surface area contributed by atoms with Crippen LogP contribution in [-0.4, -0.2) is 28.9 Å². The molecule has 8 heteroatoms. The predicted molar refractivity (Wildman–Crippen MR) is 96.5 cm³/mol. The molecule has 1 saturated carbocycles. The van der Waals surface area contributed by atoms with Crippen LogP contribution in [0.1, 0.15) is 50.4 Å². The Hall–Kier alpha value is -2.64. The molecule has 0 aromatic heterocycles. The van der Waals surface area contributed by atoms with Crippen molar-refractivity contribution in [2.45, 2.75) is 52.2 Å². The van der Waals surface area contributed by atoms with Gasteiger partial charge in [0, 0.05) is 12.1 Å². The second-order valence-corrected chi connectivity index (χ2v) is 6.96. The Morgan fingerprint density at radius 3 is 2.69 bits per heavy atom. The molecule has 0 aliphatic heterocycles. The Bertz CT molecular complexity index is 706. The maximum Gasteiger partial charge on any atom is 0.339 e. The number of nitro benzene ring substituents is 1. The van der Waals surface area contributed by atoms with Crippen LogP contribution in [0.2, 0.25) is 0 Å². The Morgan fingerprint density at radius 1 is 1.35 bits per heavy atom. The third-order valence-electron chi connectivity index (χ3n) is 5.15. The van der Waals surface area contributed by atoms with Crippen LogP contribution in [0.25, 0.3) is 0 Å². The second-order valence-electron chi connectivity index (χ2n) is 6.96. The fraction of sp³-hybridized carbons (Fsp3) is 0.556. The van der Waals surface area contributed by atoms with Crippen molar-refractivity contribution >= 4 is 23.3 Å². The molecule has 4 atom stereocenters. The first kappa shape index (κ1) is 19.7. The lowest BCUT2D eigenvalue weighted by atomic mass is 9.78. The second kappa shape index (κ2) is 8.16. The zero-order valence-corrected chi connectivity index (χ0v) is 15.2. The van der Waals surface area contributed by atoms with E-state index in [-0.39, 0.29) is 28.9 Å². The smallest absolute Gasteiger partial charge is 0.339 e. The van der Waals surface area contributed by atoms with Crippen molar-refractivity contribution in [2.75, 3.05) is 5.73 Å². The number of benzene rings is 1. The summed E-state index contributed by atoms with van der Waals surface area (Å²) >= 11 is 0. The monoisotopic (exact) mass is 363 g/mol. The van der Waals surface area contributed by atoms with Gasteiger partial charge in [-0.1, -0.05) is 26.7 Å². The number of anilines is 1. The highest BCUT2D eigenvalue weighted by Crippen LogP contribution is 2.29. The topological polar surface area (TPSA) is 125 Å². The lowest BCUT2D eigenvalue weighted by Gasteiger charge is -2.35. The Morgan fingerprint density at radius 2 is 2.04 bits per heavy atom. The summed E-state index contributed by atoms with van der Waals surface area (Å²) in [6, 6.07) is 3.71. The van der Waals surface area contributed by atoms with Crippen LogP contribution in [0, 0.1) is 22.0 Å². The summed E-state index contributed by atoms with van der Waals surface area (Å²) in [5.74, 6) is -0.285. The minimum Gasteiger partial charge on any atom is -0.449 e. The summed E-state index contributed by atoms with van der Waals surface area (Å²) in [6.07, 6.45) is 2.11. The molecule has 2 rings (SSSR count). The number of nitrogens with one attached hydrogen (secondary N) is 1. The molecule has 0 radical (unpaired) electrons. The third-order valence-corrected chi connectivity index (χ3v) is 5.15. The molecule has 1 aliphatic rings. The normalized spacial score (nSPS) is 23.7. The number of nitrogen functional groups attached to an aromatic ring is 1. The van der Waals surface area contributed by atoms with E-state index < -0.39 is 17.0 Å². The van der Waals surface area contributed by atoms with Crippen LogP contribution in [-0.2, 0) is 9.53 Å². The SMILES string of the molecule is C[C@@H]1[C@H](C)CCC[C@H]1NC(=O)[C@@H](C)OC(=O)c1ccc(N)c([N+](=O)[O-])c1. The van der Waals surface area contributed by atoms with E-state index in [1.165, 1.54) is 19.1 Å². The number of hydrogen-bond acceptors (Lipinski definition) is 6. The summed E-state index contributed by atoms with van der Waals surface area (Å²) in [7, 11) is 0. The molecule has 1 amide bonds. The van der Waals surface area contributed by atoms with Crippen LogP contribution in [0.4, 0.5) is 11.4 Å². The first-order chi connectivity index (χ1) is 12.2. The van der Waals surface area contributed by atoms with Crippen molar-refractivity contribution in [3.8, 4) is 0 Å². The van der Waals surface area contributed by atoms with Gasteiger partial charge in [0.25, 0.3) is 11.6 Å². The first-order valence-corrected chi connectivity index (χ1v) is 8.76. The molecule has 142 valence electrons. The van der Waals surface area contributed by atoms with E-state index in [0.29, 0.717) is 11.8 Å². The van der Waals surface area contributed by atoms with Gasteiger partial charge in [-0.05, 0) is 37.3 Å². The first-order valence-electron chi connectivity index (χ1n) is 8.76. The predicted octanol–water partition coefficient (Wildman–Crippen LogP) is 2.66. The number of carbonyl (C=O) groups excluding carboxylic acids is 2. The maximum atomic E-state index is 12.3. The molecule has 0 spiro atoms. The third kappa shape index (κ3) is 4.50. The highest BCUT2D eigenvalue weighted by atomic mass is 16.6. The Labute approximate surface area is 152 Å². The van der Waals surface area contributed by atoms with Crippen LogP contribution < -0.4 is 11.1 Å². The number of nitro groups is 1. The summed E-state index contributed by atoms with van der Waals surface area (Å²) in [5.41, 5.74) is 5.07. The van der Waals surface area contributed by atoms with Gasteiger partial charge in [0.05, 0.1) is 10.5 Å². The molecule has 1 aromatic carbocycles. The van der Waals surface area contributed by atoms with Gasteiger partial charge in [-0.2, -0.15) is 0 Å². The number of rotatable bonds is 5. The molecule has 1 fully saturated rings. The zero-order chi connectivity index (χ0) is 19.4.